The largest absolute Gasteiger partial charge is 0.497 e. The Morgan fingerprint density at radius 3 is 2.47 bits per heavy atom. The summed E-state index contributed by atoms with van der Waals surface area (Å²) >= 11 is 0. The van der Waals surface area contributed by atoms with E-state index in [1.165, 1.54) is 0 Å². The molecule has 0 spiro atoms. The molecule has 2 heterocycles. The van der Waals surface area contributed by atoms with Crippen LogP contribution in [0.2, 0.25) is 0 Å². The normalized spacial score (nSPS) is 21.5. The summed E-state index contributed by atoms with van der Waals surface area (Å²) in [5.41, 5.74) is 8.72. The van der Waals surface area contributed by atoms with Crippen LogP contribution in [0.1, 0.15) is 24.9 Å². The van der Waals surface area contributed by atoms with Crippen LogP contribution in [-0.4, -0.2) is 56.7 Å². The number of ether oxygens (including phenoxy) is 2. The van der Waals surface area contributed by atoms with Crippen LogP contribution in [0.25, 0.3) is 0 Å². The predicted molar refractivity (Wildman–Crippen MR) is 117 cm³/mol. The molecule has 2 saturated heterocycles. The quantitative estimate of drug-likeness (QED) is 0.762. The van der Waals surface area contributed by atoms with E-state index in [0.29, 0.717) is 19.7 Å². The van der Waals surface area contributed by atoms with Gasteiger partial charge in [0.15, 0.2) is 0 Å². The number of amides is 1. The molecule has 0 aromatic heterocycles. The second kappa shape index (κ2) is 9.36. The average Bonchev–Trinajstić information content (AvgIpc) is 3.30. The first-order valence-electron chi connectivity index (χ1n) is 10.6. The van der Waals surface area contributed by atoms with Gasteiger partial charge in [-0.05, 0) is 43.2 Å². The number of hydrogen-bond donors (Lipinski definition) is 2. The first-order valence-corrected chi connectivity index (χ1v) is 10.6. The fourth-order valence-corrected chi connectivity index (χ4v) is 4.16. The van der Waals surface area contributed by atoms with Gasteiger partial charge in [0.2, 0.25) is 5.91 Å². The Balaban J connectivity index is 1.32. The van der Waals surface area contributed by atoms with Crippen molar-refractivity contribution in [3.63, 3.8) is 0 Å². The third kappa shape index (κ3) is 4.37. The minimum atomic E-state index is -0.209. The van der Waals surface area contributed by atoms with Crippen molar-refractivity contribution in [2.45, 2.75) is 25.4 Å². The number of hydrazine groups is 1. The number of piperazine rings is 1. The third-order valence-electron chi connectivity index (χ3n) is 5.82. The summed E-state index contributed by atoms with van der Waals surface area (Å²) in [7, 11) is 1.66. The molecule has 2 fully saturated rings. The van der Waals surface area contributed by atoms with Gasteiger partial charge in [-0.15, -0.1) is 0 Å². The number of methoxy groups -OCH3 is 1. The Morgan fingerprint density at radius 1 is 1.03 bits per heavy atom. The highest BCUT2D eigenvalue weighted by Gasteiger charge is 2.34. The van der Waals surface area contributed by atoms with E-state index in [2.05, 4.69) is 21.8 Å². The summed E-state index contributed by atoms with van der Waals surface area (Å²) in [5, 5.41) is 0. The lowest BCUT2D eigenvalue weighted by atomic mass is 10.0. The summed E-state index contributed by atoms with van der Waals surface area (Å²) in [5.74, 6) is 1.90. The Labute approximate surface area is 177 Å². The maximum absolute atomic E-state index is 13.1. The molecular formula is C23H30N4O3. The van der Waals surface area contributed by atoms with E-state index in [0.717, 1.165) is 42.3 Å². The highest BCUT2D eigenvalue weighted by molar-refractivity contribution is 5.82. The van der Waals surface area contributed by atoms with Gasteiger partial charge in [-0.3, -0.25) is 4.79 Å². The molecule has 1 amide bonds. The van der Waals surface area contributed by atoms with Crippen LogP contribution in [0, 0.1) is 0 Å². The topological polar surface area (TPSA) is 66.1 Å². The molecule has 2 N–H and O–H groups in total. The van der Waals surface area contributed by atoms with Crippen LogP contribution in [0.3, 0.4) is 0 Å². The molecule has 0 saturated carbocycles. The van der Waals surface area contributed by atoms with Crippen molar-refractivity contribution in [1.82, 2.24) is 15.8 Å². The lowest BCUT2D eigenvalue weighted by Crippen LogP contribution is -2.53. The van der Waals surface area contributed by atoms with Crippen LogP contribution >= 0.6 is 0 Å². The fourth-order valence-electron chi connectivity index (χ4n) is 4.16. The first kappa shape index (κ1) is 20.5. The summed E-state index contributed by atoms with van der Waals surface area (Å²) in [4.78, 5) is 17.3. The van der Waals surface area contributed by atoms with Gasteiger partial charge >= 0.3 is 0 Å². The van der Waals surface area contributed by atoms with Crippen molar-refractivity contribution in [2.24, 2.45) is 0 Å². The first-order chi connectivity index (χ1) is 14.7. The molecular weight excluding hydrogens is 380 g/mol. The number of carbonyl (C=O) groups is 1. The Morgan fingerprint density at radius 2 is 1.77 bits per heavy atom. The molecule has 2 unspecified atom stereocenters. The zero-order valence-corrected chi connectivity index (χ0v) is 17.6. The van der Waals surface area contributed by atoms with Crippen LogP contribution in [0.4, 0.5) is 5.69 Å². The molecule has 2 aliphatic heterocycles. The summed E-state index contributed by atoms with van der Waals surface area (Å²) < 4.78 is 11.0. The number of nitrogens with one attached hydrogen (secondary N) is 2. The van der Waals surface area contributed by atoms with Crippen LogP contribution < -0.4 is 25.2 Å². The van der Waals surface area contributed by atoms with E-state index in [4.69, 9.17) is 9.47 Å². The molecule has 30 heavy (non-hydrogen) atoms. The summed E-state index contributed by atoms with van der Waals surface area (Å²) in [6, 6.07) is 16.0. The van der Waals surface area contributed by atoms with E-state index in [1.54, 1.807) is 7.11 Å². The van der Waals surface area contributed by atoms with Gasteiger partial charge in [0.1, 0.15) is 17.5 Å². The number of para-hydroxylation sites is 2. The minimum absolute atomic E-state index is 0.115. The van der Waals surface area contributed by atoms with Crippen molar-refractivity contribution in [2.75, 3.05) is 44.8 Å². The lowest BCUT2D eigenvalue weighted by molar-refractivity contribution is -0.133. The number of hydrogen-bond acceptors (Lipinski definition) is 6. The molecule has 7 heteroatoms. The molecule has 4 rings (SSSR count). The highest BCUT2D eigenvalue weighted by Crippen LogP contribution is 2.29. The molecule has 2 aromatic carbocycles. The molecule has 2 aliphatic rings. The Bertz CT molecular complexity index is 850. The second-order valence-corrected chi connectivity index (χ2v) is 7.62. The standard InChI is InChI=1S/C23H30N4O3/c1-3-30-22-7-5-4-6-21(22)26-12-14-27(15-13-26)23(28)20-16-19(24-25-20)17-8-10-18(29-2)11-9-17/h4-11,19-20,24-25H,3,12-16H2,1-2H3. The zero-order valence-electron chi connectivity index (χ0n) is 17.6. The predicted octanol–water partition coefficient (Wildman–Crippen LogP) is 2.35. The monoisotopic (exact) mass is 410 g/mol. The average molecular weight is 411 g/mol. The molecule has 2 atom stereocenters. The number of benzene rings is 2. The molecule has 160 valence electrons. The molecule has 0 radical (unpaired) electrons. The van der Waals surface area contributed by atoms with E-state index in [1.807, 2.05) is 54.3 Å². The summed E-state index contributed by atoms with van der Waals surface area (Å²) in [6.45, 7) is 5.67. The van der Waals surface area contributed by atoms with Gasteiger partial charge in [0.25, 0.3) is 0 Å². The van der Waals surface area contributed by atoms with Gasteiger partial charge in [-0.25, -0.2) is 10.9 Å². The van der Waals surface area contributed by atoms with Crippen LogP contribution in [0.5, 0.6) is 11.5 Å². The smallest absolute Gasteiger partial charge is 0.241 e. The molecule has 7 nitrogen and oxygen atoms in total. The number of anilines is 1. The second-order valence-electron chi connectivity index (χ2n) is 7.62. The number of nitrogens with zero attached hydrogens (tertiary/aromatic N) is 2. The van der Waals surface area contributed by atoms with Crippen molar-refractivity contribution in [3.8, 4) is 11.5 Å². The Hall–Kier alpha value is -2.77. The zero-order chi connectivity index (χ0) is 20.9. The van der Waals surface area contributed by atoms with Gasteiger partial charge in [0.05, 0.1) is 19.4 Å². The van der Waals surface area contributed by atoms with Gasteiger partial charge in [-0.2, -0.15) is 0 Å². The molecule has 0 bridgehead atoms. The van der Waals surface area contributed by atoms with Crippen LogP contribution in [-0.2, 0) is 4.79 Å². The lowest BCUT2D eigenvalue weighted by Gasteiger charge is -2.37. The van der Waals surface area contributed by atoms with Crippen LogP contribution in [0.15, 0.2) is 48.5 Å². The van der Waals surface area contributed by atoms with Crippen molar-refractivity contribution >= 4 is 11.6 Å². The van der Waals surface area contributed by atoms with Crippen molar-refractivity contribution in [1.29, 1.82) is 0 Å². The Kier molecular flexibility index (Phi) is 6.40. The third-order valence-corrected chi connectivity index (χ3v) is 5.82. The molecule has 2 aromatic rings. The maximum atomic E-state index is 13.1. The SMILES string of the molecule is CCOc1ccccc1N1CCN(C(=O)C2CC(c3ccc(OC)cc3)NN2)CC1. The van der Waals surface area contributed by atoms with Crippen molar-refractivity contribution in [3.05, 3.63) is 54.1 Å². The minimum Gasteiger partial charge on any atom is -0.497 e. The van der Waals surface area contributed by atoms with Crippen molar-refractivity contribution < 1.29 is 14.3 Å². The molecule has 0 aliphatic carbocycles. The van der Waals surface area contributed by atoms with Gasteiger partial charge in [0, 0.05) is 32.2 Å². The maximum Gasteiger partial charge on any atom is 0.241 e. The van der Waals surface area contributed by atoms with E-state index < -0.39 is 0 Å². The van der Waals surface area contributed by atoms with E-state index in [9.17, 15) is 4.79 Å². The van der Waals surface area contributed by atoms with E-state index in [-0.39, 0.29) is 18.0 Å². The van der Waals surface area contributed by atoms with E-state index >= 15 is 0 Å². The summed E-state index contributed by atoms with van der Waals surface area (Å²) in [6.07, 6.45) is 0.735. The fraction of sp³-hybridized carbons (Fsp3) is 0.435. The highest BCUT2D eigenvalue weighted by atomic mass is 16.5. The number of carbonyl (C=O) groups excluding carboxylic acids is 1. The number of rotatable bonds is 6. The van der Waals surface area contributed by atoms with Gasteiger partial charge in [-0.1, -0.05) is 24.3 Å². The van der Waals surface area contributed by atoms with Gasteiger partial charge < -0.3 is 19.3 Å².